The van der Waals surface area contributed by atoms with Gasteiger partial charge in [-0.05, 0) is 37.0 Å². The van der Waals surface area contributed by atoms with Gasteiger partial charge in [0, 0.05) is 19.6 Å². The normalized spacial score (nSPS) is 29.2. The minimum Gasteiger partial charge on any atom is -0.481 e. The van der Waals surface area contributed by atoms with Gasteiger partial charge in [-0.15, -0.1) is 0 Å². The van der Waals surface area contributed by atoms with Gasteiger partial charge in [0.1, 0.15) is 0 Å². The van der Waals surface area contributed by atoms with Crippen LogP contribution < -0.4 is 0 Å². The summed E-state index contributed by atoms with van der Waals surface area (Å²) >= 11 is 0. The molecule has 0 heterocycles. The molecular formula is C13H24O4. The van der Waals surface area contributed by atoms with Gasteiger partial charge in [-0.25, -0.2) is 0 Å². The lowest BCUT2D eigenvalue weighted by Gasteiger charge is -2.38. The van der Waals surface area contributed by atoms with Crippen LogP contribution in [0.15, 0.2) is 0 Å². The summed E-state index contributed by atoms with van der Waals surface area (Å²) in [6, 6.07) is 0. The molecule has 0 aromatic carbocycles. The van der Waals surface area contributed by atoms with Crippen molar-refractivity contribution in [2.45, 2.75) is 44.9 Å². The number of hydrogen-bond acceptors (Lipinski definition) is 3. The average molecular weight is 244 g/mol. The molecule has 0 bridgehead atoms. The summed E-state index contributed by atoms with van der Waals surface area (Å²) in [5.74, 6) is 0.481. The van der Waals surface area contributed by atoms with Gasteiger partial charge < -0.3 is 15.3 Å². The second kappa shape index (κ2) is 7.67. The summed E-state index contributed by atoms with van der Waals surface area (Å²) in [6.45, 7) is 0.361. The van der Waals surface area contributed by atoms with E-state index in [1.165, 1.54) is 0 Å². The molecule has 0 radical (unpaired) electrons. The van der Waals surface area contributed by atoms with Crippen LogP contribution in [0.4, 0.5) is 0 Å². The summed E-state index contributed by atoms with van der Waals surface area (Å²) in [5.41, 5.74) is 0. The fourth-order valence-corrected chi connectivity index (χ4v) is 3.27. The Labute approximate surface area is 103 Å². The lowest BCUT2D eigenvalue weighted by molar-refractivity contribution is -0.137. The Balaban J connectivity index is 2.58. The number of aliphatic hydroxyl groups excluding tert-OH is 2. The quantitative estimate of drug-likeness (QED) is 0.636. The summed E-state index contributed by atoms with van der Waals surface area (Å²) in [5, 5.41) is 26.9. The molecule has 2 unspecified atom stereocenters. The van der Waals surface area contributed by atoms with Gasteiger partial charge in [0.05, 0.1) is 0 Å². The van der Waals surface area contributed by atoms with Crippen molar-refractivity contribution >= 4 is 5.97 Å². The van der Waals surface area contributed by atoms with Crippen LogP contribution in [0.5, 0.6) is 0 Å². The van der Waals surface area contributed by atoms with E-state index < -0.39 is 5.97 Å². The zero-order valence-electron chi connectivity index (χ0n) is 10.3. The maximum Gasteiger partial charge on any atom is 0.303 e. The maximum absolute atomic E-state index is 10.7. The third-order valence-corrected chi connectivity index (χ3v) is 4.05. The van der Waals surface area contributed by atoms with Crippen molar-refractivity contribution in [1.82, 2.24) is 0 Å². The molecule has 0 amide bonds. The molecule has 0 saturated heterocycles. The predicted octanol–water partition coefficient (Wildman–Crippen LogP) is 1.65. The van der Waals surface area contributed by atoms with E-state index in [4.69, 9.17) is 15.3 Å². The molecule has 0 aromatic heterocycles. The van der Waals surface area contributed by atoms with Crippen LogP contribution in [0.25, 0.3) is 0 Å². The van der Waals surface area contributed by atoms with E-state index in [-0.39, 0.29) is 19.6 Å². The Morgan fingerprint density at radius 3 is 1.94 bits per heavy atom. The van der Waals surface area contributed by atoms with E-state index in [0.29, 0.717) is 24.2 Å². The van der Waals surface area contributed by atoms with Gasteiger partial charge >= 0.3 is 5.97 Å². The van der Waals surface area contributed by atoms with Crippen molar-refractivity contribution < 1.29 is 20.1 Å². The molecule has 1 aliphatic rings. The average Bonchev–Trinajstić information content (AvgIpc) is 2.29. The van der Waals surface area contributed by atoms with Crippen molar-refractivity contribution in [3.05, 3.63) is 0 Å². The minimum absolute atomic E-state index is 0.181. The van der Waals surface area contributed by atoms with Crippen molar-refractivity contribution in [2.24, 2.45) is 17.8 Å². The number of hydrogen-bond donors (Lipinski definition) is 3. The minimum atomic E-state index is -0.749. The zero-order chi connectivity index (χ0) is 12.7. The first-order valence-electron chi connectivity index (χ1n) is 6.62. The van der Waals surface area contributed by atoms with Crippen LogP contribution in [-0.2, 0) is 4.79 Å². The number of carbonyl (C=O) groups is 1. The Hall–Kier alpha value is -0.610. The molecule has 3 N–H and O–H groups in total. The van der Waals surface area contributed by atoms with E-state index in [2.05, 4.69) is 0 Å². The molecule has 100 valence electrons. The van der Waals surface area contributed by atoms with E-state index >= 15 is 0 Å². The van der Waals surface area contributed by atoms with Crippen LogP contribution in [-0.4, -0.2) is 34.5 Å². The standard InChI is InChI=1S/C13H24O4/c14-8-6-10-2-1-3-11(7-9-15)12(10)4-5-13(16)17/h10-12,14-15H,1-9H2,(H,16,17). The fraction of sp³-hybridized carbons (Fsp3) is 0.923. The fourth-order valence-electron chi connectivity index (χ4n) is 3.27. The van der Waals surface area contributed by atoms with Gasteiger partial charge in [0.2, 0.25) is 0 Å². The zero-order valence-corrected chi connectivity index (χ0v) is 10.3. The van der Waals surface area contributed by atoms with Crippen molar-refractivity contribution in [3.63, 3.8) is 0 Å². The van der Waals surface area contributed by atoms with Gasteiger partial charge in [-0.3, -0.25) is 4.79 Å². The van der Waals surface area contributed by atoms with Crippen LogP contribution in [0.2, 0.25) is 0 Å². The molecule has 1 aliphatic carbocycles. The van der Waals surface area contributed by atoms with Crippen LogP contribution in [0, 0.1) is 17.8 Å². The topological polar surface area (TPSA) is 77.8 Å². The summed E-state index contributed by atoms with van der Waals surface area (Å²) < 4.78 is 0. The highest BCUT2D eigenvalue weighted by Crippen LogP contribution is 2.40. The van der Waals surface area contributed by atoms with Gasteiger partial charge in [-0.1, -0.05) is 19.3 Å². The van der Waals surface area contributed by atoms with Crippen LogP contribution in [0.1, 0.15) is 44.9 Å². The number of aliphatic carboxylic acids is 1. The van der Waals surface area contributed by atoms with E-state index in [9.17, 15) is 4.79 Å². The predicted molar refractivity (Wildman–Crippen MR) is 64.6 cm³/mol. The Bertz CT molecular complexity index is 211. The first-order valence-corrected chi connectivity index (χ1v) is 6.62. The largest absolute Gasteiger partial charge is 0.481 e. The number of carboxylic acid groups (broad SMARTS) is 1. The molecule has 2 atom stereocenters. The summed E-state index contributed by atoms with van der Waals surface area (Å²) in [4.78, 5) is 10.7. The second-order valence-corrected chi connectivity index (χ2v) is 5.07. The number of aliphatic hydroxyl groups is 2. The third kappa shape index (κ3) is 4.64. The van der Waals surface area contributed by atoms with Crippen LogP contribution >= 0.6 is 0 Å². The molecule has 4 nitrogen and oxygen atoms in total. The van der Waals surface area contributed by atoms with Gasteiger partial charge in [0.15, 0.2) is 0 Å². The first-order chi connectivity index (χ1) is 8.19. The monoisotopic (exact) mass is 244 g/mol. The second-order valence-electron chi connectivity index (χ2n) is 5.07. The molecule has 0 aliphatic heterocycles. The Morgan fingerprint density at radius 1 is 1.00 bits per heavy atom. The maximum atomic E-state index is 10.7. The van der Waals surface area contributed by atoms with Gasteiger partial charge in [-0.2, -0.15) is 0 Å². The third-order valence-electron chi connectivity index (χ3n) is 4.05. The number of carboxylic acids is 1. The molecular weight excluding hydrogens is 220 g/mol. The molecule has 4 heteroatoms. The molecule has 17 heavy (non-hydrogen) atoms. The van der Waals surface area contributed by atoms with E-state index in [1.807, 2.05) is 0 Å². The summed E-state index contributed by atoms with van der Waals surface area (Å²) in [6.07, 6.45) is 5.75. The van der Waals surface area contributed by atoms with E-state index in [1.54, 1.807) is 0 Å². The van der Waals surface area contributed by atoms with Gasteiger partial charge in [0.25, 0.3) is 0 Å². The molecule has 1 fully saturated rings. The molecule has 0 spiro atoms. The molecule has 1 rings (SSSR count). The number of rotatable bonds is 7. The lowest BCUT2D eigenvalue weighted by atomic mass is 9.68. The SMILES string of the molecule is O=C(O)CCC1C(CCO)CCCC1CCO. The molecule has 1 saturated carbocycles. The van der Waals surface area contributed by atoms with Crippen molar-refractivity contribution in [1.29, 1.82) is 0 Å². The Morgan fingerprint density at radius 2 is 1.53 bits per heavy atom. The van der Waals surface area contributed by atoms with Crippen LogP contribution in [0.3, 0.4) is 0 Å². The highest BCUT2D eigenvalue weighted by Gasteiger charge is 2.32. The first kappa shape index (κ1) is 14.5. The highest BCUT2D eigenvalue weighted by molar-refractivity contribution is 5.66. The molecule has 0 aromatic rings. The Kier molecular flexibility index (Phi) is 6.52. The lowest BCUT2D eigenvalue weighted by Crippen LogP contribution is -2.30. The van der Waals surface area contributed by atoms with E-state index in [0.717, 1.165) is 32.1 Å². The van der Waals surface area contributed by atoms with Crippen molar-refractivity contribution in [2.75, 3.05) is 13.2 Å². The highest BCUT2D eigenvalue weighted by atomic mass is 16.4. The smallest absolute Gasteiger partial charge is 0.303 e. The van der Waals surface area contributed by atoms with Crippen molar-refractivity contribution in [3.8, 4) is 0 Å². The summed E-state index contributed by atoms with van der Waals surface area (Å²) in [7, 11) is 0.